The minimum atomic E-state index is -0.372. The summed E-state index contributed by atoms with van der Waals surface area (Å²) < 4.78 is 1.93. The number of aromatic nitrogens is 3. The van der Waals surface area contributed by atoms with Crippen molar-refractivity contribution in [1.82, 2.24) is 25.0 Å². The number of hydrogen-bond donors (Lipinski definition) is 1. The lowest BCUT2D eigenvalue weighted by atomic mass is 9.93. The fourth-order valence-corrected chi connectivity index (χ4v) is 4.14. The number of piperidine rings is 1. The number of carbonyl (C=O) groups excluding carboxylic acids is 2. The van der Waals surface area contributed by atoms with E-state index in [0.717, 1.165) is 50.9 Å². The van der Waals surface area contributed by atoms with E-state index in [1.54, 1.807) is 6.33 Å². The number of amides is 2. The summed E-state index contributed by atoms with van der Waals surface area (Å²) in [6, 6.07) is -0.372. The van der Waals surface area contributed by atoms with Crippen molar-refractivity contribution < 1.29 is 9.59 Å². The van der Waals surface area contributed by atoms with Crippen LogP contribution in [0.25, 0.3) is 0 Å². The highest BCUT2D eigenvalue weighted by Gasteiger charge is 2.36. The molecule has 0 aromatic carbocycles. The summed E-state index contributed by atoms with van der Waals surface area (Å²) in [5.74, 6) is 1.38. The van der Waals surface area contributed by atoms with Gasteiger partial charge in [0.15, 0.2) is 0 Å². The van der Waals surface area contributed by atoms with Gasteiger partial charge in [0.05, 0.1) is 0 Å². The minimum absolute atomic E-state index is 0.0731. The molecule has 0 unspecified atom stereocenters. The monoisotopic (exact) mass is 333 g/mol. The van der Waals surface area contributed by atoms with Crippen LogP contribution in [0.3, 0.4) is 0 Å². The van der Waals surface area contributed by atoms with Crippen LogP contribution in [0.1, 0.15) is 57.2 Å². The van der Waals surface area contributed by atoms with Gasteiger partial charge in [-0.1, -0.05) is 12.8 Å². The van der Waals surface area contributed by atoms with Crippen LogP contribution in [0.5, 0.6) is 0 Å². The van der Waals surface area contributed by atoms with Crippen LogP contribution >= 0.6 is 0 Å². The van der Waals surface area contributed by atoms with Gasteiger partial charge in [-0.15, -0.1) is 10.2 Å². The summed E-state index contributed by atoms with van der Waals surface area (Å²) in [5.41, 5.74) is 0. The third-order valence-corrected chi connectivity index (χ3v) is 5.34. The Morgan fingerprint density at radius 2 is 2.00 bits per heavy atom. The van der Waals surface area contributed by atoms with E-state index in [4.69, 9.17) is 0 Å². The molecule has 0 bridgehead atoms. The first kappa shape index (κ1) is 16.9. The third kappa shape index (κ3) is 3.60. The maximum atomic E-state index is 13.1. The molecule has 7 nitrogen and oxygen atoms in total. The van der Waals surface area contributed by atoms with E-state index in [0.29, 0.717) is 6.54 Å². The van der Waals surface area contributed by atoms with E-state index in [-0.39, 0.29) is 29.7 Å². The Balaban J connectivity index is 1.71. The summed E-state index contributed by atoms with van der Waals surface area (Å²) in [6.45, 7) is 2.91. The second kappa shape index (κ2) is 7.32. The molecule has 1 aromatic heterocycles. The number of aryl methyl sites for hydroxylation is 1. The van der Waals surface area contributed by atoms with Gasteiger partial charge in [0, 0.05) is 33.0 Å². The van der Waals surface area contributed by atoms with Crippen LogP contribution in [0.4, 0.5) is 0 Å². The normalized spacial score (nSPS) is 23.2. The lowest BCUT2D eigenvalue weighted by molar-refractivity contribution is -0.138. The van der Waals surface area contributed by atoms with E-state index in [1.165, 1.54) is 6.92 Å². The maximum absolute atomic E-state index is 13.1. The van der Waals surface area contributed by atoms with Gasteiger partial charge in [-0.05, 0) is 31.6 Å². The molecule has 1 aliphatic heterocycles. The van der Waals surface area contributed by atoms with Crippen LogP contribution in [0.2, 0.25) is 0 Å². The zero-order valence-corrected chi connectivity index (χ0v) is 14.6. The fourth-order valence-electron chi connectivity index (χ4n) is 4.14. The Labute approximate surface area is 142 Å². The Kier molecular flexibility index (Phi) is 5.16. The highest BCUT2D eigenvalue weighted by Crippen LogP contribution is 2.31. The molecule has 2 amide bonds. The quantitative estimate of drug-likeness (QED) is 0.898. The van der Waals surface area contributed by atoms with Crippen molar-refractivity contribution in [3.8, 4) is 0 Å². The molecule has 1 saturated heterocycles. The lowest BCUT2D eigenvalue weighted by Crippen LogP contribution is -2.53. The van der Waals surface area contributed by atoms with E-state index in [9.17, 15) is 9.59 Å². The van der Waals surface area contributed by atoms with Crippen LogP contribution in [-0.4, -0.2) is 50.6 Å². The van der Waals surface area contributed by atoms with Gasteiger partial charge in [0.2, 0.25) is 11.8 Å². The number of nitrogens with zero attached hydrogens (tertiary/aromatic N) is 4. The standard InChI is InChI=1S/C17H27N5O2/c1-12(23)19-15(13-6-3-4-7-13)17(24)22-9-5-8-14(10-22)16-20-18-11-21(16)2/h11,13-15H,3-10H2,1-2H3,(H,19,23)/t14-,15+/m1/s1. The van der Waals surface area contributed by atoms with Crippen LogP contribution in [0.15, 0.2) is 6.33 Å². The lowest BCUT2D eigenvalue weighted by Gasteiger charge is -2.36. The van der Waals surface area contributed by atoms with Gasteiger partial charge in [0.25, 0.3) is 0 Å². The van der Waals surface area contributed by atoms with Crippen molar-refractivity contribution in [1.29, 1.82) is 0 Å². The third-order valence-electron chi connectivity index (χ3n) is 5.34. The van der Waals surface area contributed by atoms with Crippen molar-refractivity contribution in [2.75, 3.05) is 13.1 Å². The van der Waals surface area contributed by atoms with Crippen molar-refractivity contribution >= 4 is 11.8 Å². The van der Waals surface area contributed by atoms with E-state index < -0.39 is 0 Å². The molecule has 132 valence electrons. The number of likely N-dealkylation sites (tertiary alicyclic amines) is 1. The number of carbonyl (C=O) groups is 2. The van der Waals surface area contributed by atoms with E-state index in [1.807, 2.05) is 16.5 Å². The summed E-state index contributed by atoms with van der Waals surface area (Å²) in [5, 5.41) is 11.1. The van der Waals surface area contributed by atoms with Crippen molar-refractivity contribution in [2.24, 2.45) is 13.0 Å². The molecule has 0 spiro atoms. The van der Waals surface area contributed by atoms with E-state index >= 15 is 0 Å². The Morgan fingerprint density at radius 3 is 2.62 bits per heavy atom. The zero-order valence-electron chi connectivity index (χ0n) is 14.6. The number of rotatable bonds is 4. The Hall–Kier alpha value is -1.92. The van der Waals surface area contributed by atoms with Crippen LogP contribution in [-0.2, 0) is 16.6 Å². The van der Waals surface area contributed by atoms with Gasteiger partial charge in [0.1, 0.15) is 18.2 Å². The van der Waals surface area contributed by atoms with Gasteiger partial charge in [-0.2, -0.15) is 0 Å². The summed E-state index contributed by atoms with van der Waals surface area (Å²) in [6.07, 6.45) is 8.03. The van der Waals surface area contributed by atoms with Crippen LogP contribution in [0, 0.1) is 5.92 Å². The Bertz CT molecular complexity index is 594. The van der Waals surface area contributed by atoms with Gasteiger partial charge < -0.3 is 14.8 Å². The summed E-state index contributed by atoms with van der Waals surface area (Å²) in [7, 11) is 1.94. The molecule has 1 N–H and O–H groups in total. The molecule has 2 fully saturated rings. The molecule has 0 radical (unpaired) electrons. The minimum Gasteiger partial charge on any atom is -0.344 e. The first-order chi connectivity index (χ1) is 11.6. The molecule has 7 heteroatoms. The van der Waals surface area contributed by atoms with Gasteiger partial charge in [-0.25, -0.2) is 0 Å². The Morgan fingerprint density at radius 1 is 1.25 bits per heavy atom. The predicted molar refractivity (Wildman–Crippen MR) is 89.1 cm³/mol. The molecule has 1 aromatic rings. The SMILES string of the molecule is CC(=O)N[C@H](C(=O)N1CCC[C@@H](c2nncn2C)C1)C1CCCC1. The molecule has 1 saturated carbocycles. The molecular weight excluding hydrogens is 306 g/mol. The van der Waals surface area contributed by atoms with Crippen molar-refractivity contribution in [2.45, 2.75) is 57.4 Å². The average Bonchev–Trinajstić information content (AvgIpc) is 3.23. The molecule has 3 rings (SSSR count). The zero-order chi connectivity index (χ0) is 17.1. The highest BCUT2D eigenvalue weighted by molar-refractivity contribution is 5.87. The average molecular weight is 333 g/mol. The number of nitrogens with one attached hydrogen (secondary N) is 1. The second-order valence-electron chi connectivity index (χ2n) is 7.15. The molecule has 2 aliphatic rings. The summed E-state index contributed by atoms with van der Waals surface area (Å²) >= 11 is 0. The molecule has 2 atom stereocenters. The number of hydrogen-bond acceptors (Lipinski definition) is 4. The fraction of sp³-hybridized carbons (Fsp3) is 0.765. The van der Waals surface area contributed by atoms with Crippen LogP contribution < -0.4 is 5.32 Å². The largest absolute Gasteiger partial charge is 0.344 e. The van der Waals surface area contributed by atoms with Gasteiger partial charge >= 0.3 is 0 Å². The van der Waals surface area contributed by atoms with Crippen molar-refractivity contribution in [3.05, 3.63) is 12.2 Å². The topological polar surface area (TPSA) is 80.1 Å². The van der Waals surface area contributed by atoms with Gasteiger partial charge in [-0.3, -0.25) is 9.59 Å². The predicted octanol–water partition coefficient (Wildman–Crippen LogP) is 1.22. The highest BCUT2D eigenvalue weighted by atomic mass is 16.2. The first-order valence-electron chi connectivity index (χ1n) is 8.96. The second-order valence-corrected chi connectivity index (χ2v) is 7.15. The maximum Gasteiger partial charge on any atom is 0.245 e. The molecule has 1 aliphatic carbocycles. The molecular formula is C17H27N5O2. The molecule has 2 heterocycles. The van der Waals surface area contributed by atoms with Crippen molar-refractivity contribution in [3.63, 3.8) is 0 Å². The first-order valence-corrected chi connectivity index (χ1v) is 8.96. The van der Waals surface area contributed by atoms with E-state index in [2.05, 4.69) is 15.5 Å². The smallest absolute Gasteiger partial charge is 0.245 e. The molecule has 24 heavy (non-hydrogen) atoms. The summed E-state index contributed by atoms with van der Waals surface area (Å²) in [4.78, 5) is 26.6.